The molecule has 2 aromatic rings. The number of amides is 1. The van der Waals surface area contributed by atoms with Gasteiger partial charge in [0.15, 0.2) is 0 Å². The van der Waals surface area contributed by atoms with Crippen molar-refractivity contribution in [2.24, 2.45) is 0 Å². The number of hydrogen-bond acceptors (Lipinski definition) is 5. The number of anilines is 1. The summed E-state index contributed by atoms with van der Waals surface area (Å²) in [6.45, 7) is 1.47. The topological polar surface area (TPSA) is 83.1 Å². The standard InChI is InChI=1S/C13H17N5O2/c1-18(2)7-8-20-11-5-3-10(4-6-11)16-13(19)12-14-9-15-17-12/h3-6,9H,7-8H2,1-2H3,(H,16,19)(H,14,15,17). The Labute approximate surface area is 117 Å². The number of nitrogens with one attached hydrogen (secondary N) is 2. The maximum absolute atomic E-state index is 11.7. The summed E-state index contributed by atoms with van der Waals surface area (Å²) >= 11 is 0. The fourth-order valence-electron chi connectivity index (χ4n) is 1.49. The third kappa shape index (κ3) is 4.06. The zero-order valence-electron chi connectivity index (χ0n) is 11.5. The Morgan fingerprint density at radius 3 is 2.70 bits per heavy atom. The molecule has 1 heterocycles. The first-order valence-electron chi connectivity index (χ1n) is 6.19. The molecule has 0 bridgehead atoms. The van der Waals surface area contributed by atoms with Crippen molar-refractivity contribution in [1.29, 1.82) is 0 Å². The highest BCUT2D eigenvalue weighted by atomic mass is 16.5. The van der Waals surface area contributed by atoms with Gasteiger partial charge in [0, 0.05) is 12.2 Å². The highest BCUT2D eigenvalue weighted by Gasteiger charge is 2.08. The average Bonchev–Trinajstić information content (AvgIpc) is 2.94. The van der Waals surface area contributed by atoms with Crippen molar-refractivity contribution >= 4 is 11.6 Å². The van der Waals surface area contributed by atoms with Gasteiger partial charge in [-0.15, -0.1) is 0 Å². The Balaban J connectivity index is 1.87. The molecule has 0 aliphatic rings. The van der Waals surface area contributed by atoms with E-state index in [1.165, 1.54) is 6.33 Å². The second kappa shape index (κ2) is 6.67. The van der Waals surface area contributed by atoms with Crippen molar-refractivity contribution < 1.29 is 9.53 Å². The van der Waals surface area contributed by atoms with Crippen LogP contribution in [0, 0.1) is 0 Å². The fourth-order valence-corrected chi connectivity index (χ4v) is 1.49. The maximum Gasteiger partial charge on any atom is 0.292 e. The Hall–Kier alpha value is -2.41. The summed E-state index contributed by atoms with van der Waals surface area (Å²) in [7, 11) is 3.98. The third-order valence-electron chi connectivity index (χ3n) is 2.55. The maximum atomic E-state index is 11.7. The lowest BCUT2D eigenvalue weighted by Gasteiger charge is -2.11. The number of H-pyrrole nitrogens is 1. The summed E-state index contributed by atoms with van der Waals surface area (Å²) in [5.74, 6) is 0.615. The van der Waals surface area contributed by atoms with Gasteiger partial charge in [-0.3, -0.25) is 9.89 Å². The molecule has 7 heteroatoms. The van der Waals surface area contributed by atoms with Gasteiger partial charge in [-0.25, -0.2) is 4.98 Å². The first kappa shape index (κ1) is 14.0. The van der Waals surface area contributed by atoms with E-state index in [1.54, 1.807) is 12.1 Å². The highest BCUT2D eigenvalue weighted by Crippen LogP contribution is 2.16. The van der Waals surface area contributed by atoms with Crippen LogP contribution >= 0.6 is 0 Å². The molecular formula is C13H17N5O2. The monoisotopic (exact) mass is 275 g/mol. The number of nitrogens with zero attached hydrogens (tertiary/aromatic N) is 3. The van der Waals surface area contributed by atoms with Crippen LogP contribution in [-0.4, -0.2) is 53.2 Å². The molecule has 0 saturated carbocycles. The average molecular weight is 275 g/mol. The van der Waals surface area contributed by atoms with Gasteiger partial charge in [0.2, 0.25) is 5.82 Å². The number of hydrogen-bond donors (Lipinski definition) is 2. The summed E-state index contributed by atoms with van der Waals surface area (Å²) in [5.41, 5.74) is 0.673. The summed E-state index contributed by atoms with van der Waals surface area (Å²) in [6, 6.07) is 7.18. The summed E-state index contributed by atoms with van der Waals surface area (Å²) in [6.07, 6.45) is 1.29. The lowest BCUT2D eigenvalue weighted by atomic mass is 10.3. The zero-order valence-corrected chi connectivity index (χ0v) is 11.5. The number of carbonyl (C=O) groups excluding carboxylic acids is 1. The predicted octanol–water partition coefficient (Wildman–Crippen LogP) is 0.997. The van der Waals surface area contributed by atoms with Gasteiger partial charge < -0.3 is 15.0 Å². The van der Waals surface area contributed by atoms with Crippen LogP contribution in [-0.2, 0) is 0 Å². The smallest absolute Gasteiger partial charge is 0.292 e. The van der Waals surface area contributed by atoms with Crippen LogP contribution in [0.1, 0.15) is 10.6 Å². The normalized spacial score (nSPS) is 10.6. The number of benzene rings is 1. The molecule has 0 atom stereocenters. The van der Waals surface area contributed by atoms with E-state index in [4.69, 9.17) is 4.74 Å². The zero-order chi connectivity index (χ0) is 14.4. The Morgan fingerprint density at radius 2 is 2.10 bits per heavy atom. The molecule has 0 unspecified atom stereocenters. The molecule has 0 saturated heterocycles. The van der Waals surface area contributed by atoms with E-state index >= 15 is 0 Å². The highest BCUT2D eigenvalue weighted by molar-refractivity contribution is 6.01. The lowest BCUT2D eigenvalue weighted by molar-refractivity contribution is 0.101. The van der Waals surface area contributed by atoms with Crippen LogP contribution in [0.25, 0.3) is 0 Å². The molecule has 1 amide bonds. The molecule has 7 nitrogen and oxygen atoms in total. The molecule has 0 aliphatic heterocycles. The quantitative estimate of drug-likeness (QED) is 0.821. The second-order valence-electron chi connectivity index (χ2n) is 4.46. The number of carbonyl (C=O) groups is 1. The Morgan fingerprint density at radius 1 is 1.35 bits per heavy atom. The molecule has 1 aromatic carbocycles. The molecule has 1 aromatic heterocycles. The fraction of sp³-hybridized carbons (Fsp3) is 0.308. The van der Waals surface area contributed by atoms with Gasteiger partial charge in [-0.2, -0.15) is 5.10 Å². The van der Waals surface area contributed by atoms with Gasteiger partial charge >= 0.3 is 0 Å². The SMILES string of the molecule is CN(C)CCOc1ccc(NC(=O)c2ncn[nH]2)cc1. The largest absolute Gasteiger partial charge is 0.492 e. The Bertz CT molecular complexity index is 536. The molecule has 0 aliphatic carbocycles. The molecule has 2 rings (SSSR count). The van der Waals surface area contributed by atoms with Gasteiger partial charge in [0.25, 0.3) is 5.91 Å². The Kier molecular flexibility index (Phi) is 4.67. The first-order valence-corrected chi connectivity index (χ1v) is 6.19. The van der Waals surface area contributed by atoms with E-state index in [1.807, 2.05) is 31.1 Å². The number of ether oxygens (including phenoxy) is 1. The number of rotatable bonds is 6. The van der Waals surface area contributed by atoms with Gasteiger partial charge in [0.1, 0.15) is 18.7 Å². The minimum Gasteiger partial charge on any atom is -0.492 e. The van der Waals surface area contributed by atoms with E-state index < -0.39 is 0 Å². The van der Waals surface area contributed by atoms with Crippen LogP contribution < -0.4 is 10.1 Å². The van der Waals surface area contributed by atoms with Crippen LogP contribution in [0.15, 0.2) is 30.6 Å². The van der Waals surface area contributed by atoms with Gasteiger partial charge in [-0.05, 0) is 38.4 Å². The molecule has 2 N–H and O–H groups in total. The van der Waals surface area contributed by atoms with Crippen molar-refractivity contribution in [3.8, 4) is 5.75 Å². The van der Waals surface area contributed by atoms with Crippen LogP contribution in [0.5, 0.6) is 5.75 Å². The minimum atomic E-state index is -0.330. The molecule has 0 spiro atoms. The first-order chi connectivity index (χ1) is 9.65. The molecule has 0 radical (unpaired) electrons. The van der Waals surface area contributed by atoms with Gasteiger partial charge in [0.05, 0.1) is 0 Å². The predicted molar refractivity (Wildman–Crippen MR) is 74.8 cm³/mol. The molecule has 106 valence electrons. The summed E-state index contributed by atoms with van der Waals surface area (Å²) < 4.78 is 5.57. The summed E-state index contributed by atoms with van der Waals surface area (Å²) in [5, 5.41) is 8.84. The number of aromatic amines is 1. The van der Waals surface area contributed by atoms with E-state index in [0.29, 0.717) is 12.3 Å². The van der Waals surface area contributed by atoms with Crippen molar-refractivity contribution in [3.63, 3.8) is 0 Å². The molecule has 20 heavy (non-hydrogen) atoms. The van der Waals surface area contributed by atoms with Crippen molar-refractivity contribution in [1.82, 2.24) is 20.1 Å². The lowest BCUT2D eigenvalue weighted by Crippen LogP contribution is -2.19. The van der Waals surface area contributed by atoms with Gasteiger partial charge in [-0.1, -0.05) is 0 Å². The van der Waals surface area contributed by atoms with E-state index in [0.717, 1.165) is 12.3 Å². The van der Waals surface area contributed by atoms with Crippen molar-refractivity contribution in [2.45, 2.75) is 0 Å². The van der Waals surface area contributed by atoms with E-state index in [-0.39, 0.29) is 11.7 Å². The minimum absolute atomic E-state index is 0.177. The summed E-state index contributed by atoms with van der Waals surface area (Å²) in [4.78, 5) is 17.6. The van der Waals surface area contributed by atoms with Crippen molar-refractivity contribution in [3.05, 3.63) is 36.4 Å². The second-order valence-corrected chi connectivity index (χ2v) is 4.46. The number of likely N-dealkylation sites (N-methyl/N-ethyl adjacent to an activating group) is 1. The van der Waals surface area contributed by atoms with Crippen LogP contribution in [0.2, 0.25) is 0 Å². The van der Waals surface area contributed by atoms with Crippen molar-refractivity contribution in [2.75, 3.05) is 32.6 Å². The molecule has 0 fully saturated rings. The van der Waals surface area contributed by atoms with E-state index in [9.17, 15) is 4.79 Å². The van der Waals surface area contributed by atoms with E-state index in [2.05, 4.69) is 20.5 Å². The number of aromatic nitrogens is 3. The third-order valence-corrected chi connectivity index (χ3v) is 2.55. The molecular weight excluding hydrogens is 258 g/mol. The van der Waals surface area contributed by atoms with Crippen LogP contribution in [0.3, 0.4) is 0 Å². The van der Waals surface area contributed by atoms with Crippen LogP contribution in [0.4, 0.5) is 5.69 Å².